The maximum absolute atomic E-state index is 14.8. The summed E-state index contributed by atoms with van der Waals surface area (Å²) in [5, 5.41) is 0.382. The van der Waals surface area contributed by atoms with E-state index in [4.69, 9.17) is 4.42 Å². The maximum atomic E-state index is 14.8. The number of nitrogens with zero attached hydrogens (tertiary/aromatic N) is 1. The number of rotatable bonds is 2. The third-order valence-corrected chi connectivity index (χ3v) is 5.26. The maximum Gasteiger partial charge on any atom is 0.295 e. The zero-order valence-electron chi connectivity index (χ0n) is 15.6. The Bertz CT molecular complexity index is 1330. The van der Waals surface area contributed by atoms with Crippen LogP contribution in [0.2, 0.25) is 0 Å². The number of carbonyl (C=O) groups excluding carboxylic acids is 1. The second kappa shape index (κ2) is 6.41. The van der Waals surface area contributed by atoms with Gasteiger partial charge in [-0.2, -0.15) is 0 Å². The van der Waals surface area contributed by atoms with Gasteiger partial charge in [0.25, 0.3) is 5.91 Å². The van der Waals surface area contributed by atoms with Crippen molar-refractivity contribution in [1.82, 2.24) is 0 Å². The van der Waals surface area contributed by atoms with Crippen LogP contribution in [0.25, 0.3) is 11.0 Å². The molecular weight excluding hydrogens is 369 g/mol. The van der Waals surface area contributed by atoms with Gasteiger partial charge >= 0.3 is 0 Å². The van der Waals surface area contributed by atoms with Crippen LogP contribution in [-0.4, -0.2) is 5.91 Å². The fraction of sp³-hybridized carbons (Fsp3) is 0.0833. The van der Waals surface area contributed by atoms with Crippen molar-refractivity contribution in [3.8, 4) is 0 Å². The number of anilines is 1. The molecule has 0 bridgehead atoms. The Labute approximate surface area is 165 Å². The van der Waals surface area contributed by atoms with E-state index in [1.54, 1.807) is 54.6 Å². The van der Waals surface area contributed by atoms with E-state index in [2.05, 4.69) is 0 Å². The lowest BCUT2D eigenvalue weighted by molar-refractivity contribution is 0.0971. The minimum atomic E-state index is -0.901. The van der Waals surface area contributed by atoms with Gasteiger partial charge < -0.3 is 4.42 Å². The molecule has 1 aliphatic heterocycles. The molecule has 0 spiro atoms. The smallest absolute Gasteiger partial charge is 0.295 e. The summed E-state index contributed by atoms with van der Waals surface area (Å²) < 4.78 is 20.7. The first-order valence-corrected chi connectivity index (χ1v) is 9.26. The second-order valence-corrected chi connectivity index (χ2v) is 7.11. The monoisotopic (exact) mass is 385 g/mol. The van der Waals surface area contributed by atoms with Gasteiger partial charge in [-0.15, -0.1) is 0 Å². The molecule has 0 radical (unpaired) electrons. The summed E-state index contributed by atoms with van der Waals surface area (Å²) >= 11 is 0. The molecule has 0 saturated carbocycles. The highest BCUT2D eigenvalue weighted by Crippen LogP contribution is 2.41. The van der Waals surface area contributed by atoms with Crippen molar-refractivity contribution in [1.29, 1.82) is 0 Å². The van der Waals surface area contributed by atoms with Crippen molar-refractivity contribution < 1.29 is 13.6 Å². The first-order chi connectivity index (χ1) is 14.1. The number of amides is 1. The van der Waals surface area contributed by atoms with Gasteiger partial charge in [-0.05, 0) is 37.3 Å². The van der Waals surface area contributed by atoms with Crippen LogP contribution >= 0.6 is 0 Å². The molecule has 0 fully saturated rings. The summed E-state index contributed by atoms with van der Waals surface area (Å²) in [6, 6.07) is 19.4. The minimum Gasteiger partial charge on any atom is -0.450 e. The zero-order chi connectivity index (χ0) is 20.1. The average molecular weight is 385 g/mol. The number of carbonyl (C=O) groups is 1. The number of halogens is 1. The molecule has 142 valence electrons. The first kappa shape index (κ1) is 17.4. The molecule has 1 aromatic heterocycles. The fourth-order valence-corrected chi connectivity index (χ4v) is 3.93. The zero-order valence-corrected chi connectivity index (χ0v) is 15.6. The molecule has 0 N–H and O–H groups in total. The molecule has 2 heterocycles. The number of para-hydroxylation sites is 1. The number of hydrogen-bond donors (Lipinski definition) is 0. The fourth-order valence-electron chi connectivity index (χ4n) is 3.93. The summed E-state index contributed by atoms with van der Waals surface area (Å²) in [4.78, 5) is 28.2. The molecule has 1 unspecified atom stereocenters. The lowest BCUT2D eigenvalue weighted by atomic mass is 9.97. The van der Waals surface area contributed by atoms with Crippen LogP contribution < -0.4 is 10.3 Å². The molecule has 3 aromatic carbocycles. The van der Waals surface area contributed by atoms with Crippen molar-refractivity contribution in [2.75, 3.05) is 4.90 Å². The molecule has 1 aliphatic rings. The molecule has 4 aromatic rings. The largest absolute Gasteiger partial charge is 0.450 e. The van der Waals surface area contributed by atoms with E-state index in [-0.39, 0.29) is 22.3 Å². The number of benzene rings is 3. The van der Waals surface area contributed by atoms with Gasteiger partial charge in [0.15, 0.2) is 5.43 Å². The summed E-state index contributed by atoms with van der Waals surface area (Å²) in [7, 11) is 0. The van der Waals surface area contributed by atoms with E-state index in [1.165, 1.54) is 11.0 Å². The lowest BCUT2D eigenvalue weighted by Gasteiger charge is -2.25. The standard InChI is InChI=1S/C24H16FNO3/c1-14-11-12-19-17(13-14)22(27)20-21(16-9-5-6-10-18(16)25)26(24(28)23(20)29-19)15-7-3-2-4-8-15/h2-13,21H,1H3. The molecular formula is C24H16FNO3. The molecule has 4 nitrogen and oxygen atoms in total. The topological polar surface area (TPSA) is 50.5 Å². The first-order valence-electron chi connectivity index (χ1n) is 9.26. The third-order valence-electron chi connectivity index (χ3n) is 5.26. The number of hydrogen-bond acceptors (Lipinski definition) is 3. The van der Waals surface area contributed by atoms with E-state index >= 15 is 0 Å². The number of fused-ring (bicyclic) bond motifs is 2. The highest BCUT2D eigenvalue weighted by atomic mass is 19.1. The normalized spacial score (nSPS) is 15.7. The quantitative estimate of drug-likeness (QED) is 0.488. The highest BCUT2D eigenvalue weighted by Gasteiger charge is 2.44. The van der Waals surface area contributed by atoms with Gasteiger partial charge in [-0.1, -0.05) is 48.0 Å². The second-order valence-electron chi connectivity index (χ2n) is 7.11. The van der Waals surface area contributed by atoms with Gasteiger partial charge in [0.05, 0.1) is 17.0 Å². The van der Waals surface area contributed by atoms with Gasteiger partial charge in [-0.3, -0.25) is 14.5 Å². The summed E-state index contributed by atoms with van der Waals surface area (Å²) in [6.07, 6.45) is 0. The average Bonchev–Trinajstić information content (AvgIpc) is 3.02. The predicted molar refractivity (Wildman–Crippen MR) is 109 cm³/mol. The van der Waals surface area contributed by atoms with Crippen molar-refractivity contribution in [2.24, 2.45) is 0 Å². The Morgan fingerprint density at radius 1 is 0.931 bits per heavy atom. The Morgan fingerprint density at radius 3 is 2.41 bits per heavy atom. The Morgan fingerprint density at radius 2 is 1.66 bits per heavy atom. The molecule has 1 amide bonds. The van der Waals surface area contributed by atoms with Crippen molar-refractivity contribution in [3.63, 3.8) is 0 Å². The van der Waals surface area contributed by atoms with E-state index in [0.717, 1.165) is 5.56 Å². The molecule has 0 aliphatic carbocycles. The van der Waals surface area contributed by atoms with Crippen LogP contribution in [0.3, 0.4) is 0 Å². The summed E-state index contributed by atoms with van der Waals surface area (Å²) in [5.74, 6) is -0.981. The Hall–Kier alpha value is -3.73. The Kier molecular flexibility index (Phi) is 3.84. The van der Waals surface area contributed by atoms with Crippen molar-refractivity contribution in [2.45, 2.75) is 13.0 Å². The van der Waals surface area contributed by atoms with Crippen LogP contribution in [0.15, 0.2) is 82.0 Å². The van der Waals surface area contributed by atoms with Gasteiger partial charge in [-0.25, -0.2) is 4.39 Å². The van der Waals surface area contributed by atoms with Crippen LogP contribution in [0, 0.1) is 12.7 Å². The van der Waals surface area contributed by atoms with Crippen LogP contribution in [0.1, 0.15) is 33.3 Å². The molecule has 0 saturated heterocycles. The van der Waals surface area contributed by atoms with E-state index in [1.807, 2.05) is 19.1 Å². The Balaban J connectivity index is 1.86. The lowest BCUT2D eigenvalue weighted by Crippen LogP contribution is -2.30. The van der Waals surface area contributed by atoms with E-state index in [0.29, 0.717) is 16.7 Å². The summed E-state index contributed by atoms with van der Waals surface area (Å²) in [6.45, 7) is 1.88. The van der Waals surface area contributed by atoms with Crippen molar-refractivity contribution in [3.05, 3.63) is 111 Å². The predicted octanol–water partition coefficient (Wildman–Crippen LogP) is 4.99. The molecule has 29 heavy (non-hydrogen) atoms. The van der Waals surface area contributed by atoms with Gasteiger partial charge in [0, 0.05) is 11.3 Å². The van der Waals surface area contributed by atoms with Gasteiger partial charge in [0.1, 0.15) is 11.4 Å². The highest BCUT2D eigenvalue weighted by molar-refractivity contribution is 6.10. The van der Waals surface area contributed by atoms with Crippen molar-refractivity contribution >= 4 is 22.6 Å². The van der Waals surface area contributed by atoms with Crippen LogP contribution in [0.4, 0.5) is 10.1 Å². The molecule has 5 rings (SSSR count). The van der Waals surface area contributed by atoms with Crippen LogP contribution in [-0.2, 0) is 0 Å². The van der Waals surface area contributed by atoms with Crippen LogP contribution in [0.5, 0.6) is 0 Å². The third kappa shape index (κ3) is 2.58. The van der Waals surface area contributed by atoms with E-state index < -0.39 is 17.8 Å². The van der Waals surface area contributed by atoms with E-state index in [9.17, 15) is 14.0 Å². The molecule has 1 atom stereocenters. The summed E-state index contributed by atoms with van der Waals surface area (Å²) in [5.41, 5.74) is 1.91. The minimum absolute atomic E-state index is 0.0385. The molecule has 5 heteroatoms. The SMILES string of the molecule is Cc1ccc2oc3c(c(=O)c2c1)C(c1ccccc1F)N(c1ccccc1)C3=O. The number of aryl methyl sites for hydroxylation is 1. The van der Waals surface area contributed by atoms with Gasteiger partial charge in [0.2, 0.25) is 5.76 Å².